The highest BCUT2D eigenvalue weighted by Crippen LogP contribution is 2.44. The summed E-state index contributed by atoms with van der Waals surface area (Å²) >= 11 is 0. The molecule has 2 heterocycles. The monoisotopic (exact) mass is 362 g/mol. The summed E-state index contributed by atoms with van der Waals surface area (Å²) in [4.78, 5) is 14.8. The molecular weight excluding hydrogens is 336 g/mol. The Hall–Kier alpha value is -1.40. The molecule has 4 rings (SSSR count). The molecule has 1 aromatic rings. The topological polar surface area (TPSA) is 57.7 Å². The van der Waals surface area contributed by atoms with Crippen molar-refractivity contribution in [2.45, 2.75) is 56.3 Å². The van der Waals surface area contributed by atoms with Crippen molar-refractivity contribution in [2.24, 2.45) is 5.92 Å². The Balaban J connectivity index is 1.70. The van der Waals surface area contributed by atoms with Crippen LogP contribution in [0.4, 0.5) is 5.69 Å². The number of fused-ring (bicyclic) bond motifs is 1. The first kappa shape index (κ1) is 17.0. The summed E-state index contributed by atoms with van der Waals surface area (Å²) in [5.74, 6) is 0.358. The largest absolute Gasteiger partial charge is 0.311 e. The molecular formula is C19H26N2O3S. The van der Waals surface area contributed by atoms with Crippen molar-refractivity contribution < 1.29 is 13.2 Å². The molecule has 0 unspecified atom stereocenters. The molecule has 136 valence electrons. The summed E-state index contributed by atoms with van der Waals surface area (Å²) in [6, 6.07) is 5.32. The van der Waals surface area contributed by atoms with Crippen molar-refractivity contribution in [3.63, 3.8) is 0 Å². The van der Waals surface area contributed by atoms with Gasteiger partial charge in [0, 0.05) is 36.7 Å². The van der Waals surface area contributed by atoms with Gasteiger partial charge in [0.25, 0.3) is 0 Å². The van der Waals surface area contributed by atoms with Gasteiger partial charge in [-0.3, -0.25) is 4.79 Å². The standard InChI is InChI=1S/C19H26N2O3S/c1-19(2)13-21(18(22)14-6-7-14)17-9-8-15(12-16(17)19)25(23,24)20-10-4-3-5-11-20/h8-9,12,14H,3-7,10-11,13H2,1-2H3. The number of piperidine rings is 1. The summed E-state index contributed by atoms with van der Waals surface area (Å²) in [7, 11) is -3.45. The molecule has 2 aliphatic heterocycles. The molecule has 6 heteroatoms. The highest BCUT2D eigenvalue weighted by molar-refractivity contribution is 7.89. The maximum Gasteiger partial charge on any atom is 0.243 e. The average molecular weight is 362 g/mol. The van der Waals surface area contributed by atoms with Crippen LogP contribution in [0.5, 0.6) is 0 Å². The van der Waals surface area contributed by atoms with Gasteiger partial charge in [-0.2, -0.15) is 4.31 Å². The van der Waals surface area contributed by atoms with Crippen LogP contribution < -0.4 is 4.90 Å². The van der Waals surface area contributed by atoms with Gasteiger partial charge >= 0.3 is 0 Å². The minimum Gasteiger partial charge on any atom is -0.311 e. The van der Waals surface area contributed by atoms with E-state index in [2.05, 4.69) is 13.8 Å². The van der Waals surface area contributed by atoms with Crippen molar-refractivity contribution in [1.82, 2.24) is 4.31 Å². The van der Waals surface area contributed by atoms with E-state index in [-0.39, 0.29) is 17.2 Å². The second-order valence-corrected chi connectivity index (χ2v) is 10.2. The lowest BCUT2D eigenvalue weighted by atomic mass is 9.87. The van der Waals surface area contributed by atoms with Gasteiger partial charge in [0.15, 0.2) is 0 Å². The van der Waals surface area contributed by atoms with Gasteiger partial charge in [-0.15, -0.1) is 0 Å². The highest BCUT2D eigenvalue weighted by atomic mass is 32.2. The molecule has 1 aliphatic carbocycles. The Labute approximate surface area is 150 Å². The molecule has 0 aromatic heterocycles. The van der Waals surface area contributed by atoms with Gasteiger partial charge in [0.2, 0.25) is 15.9 Å². The average Bonchev–Trinajstić information content (AvgIpc) is 3.41. The Bertz CT molecular complexity index is 806. The van der Waals surface area contributed by atoms with Gasteiger partial charge in [-0.05, 0) is 49.4 Å². The summed E-state index contributed by atoms with van der Waals surface area (Å²) in [6.45, 7) is 6.02. The van der Waals surface area contributed by atoms with E-state index in [4.69, 9.17) is 0 Å². The summed E-state index contributed by atoms with van der Waals surface area (Å²) in [5.41, 5.74) is 1.63. The maximum absolute atomic E-state index is 13.0. The van der Waals surface area contributed by atoms with Gasteiger partial charge < -0.3 is 4.90 Å². The molecule has 0 bridgehead atoms. The molecule has 0 atom stereocenters. The summed E-state index contributed by atoms with van der Waals surface area (Å²) in [6.07, 6.45) is 4.92. The normalized spacial score (nSPS) is 23.5. The predicted octanol–water partition coefficient (Wildman–Crippen LogP) is 2.90. The van der Waals surface area contributed by atoms with Crippen LogP contribution in [0.25, 0.3) is 0 Å². The van der Waals surface area contributed by atoms with E-state index in [0.29, 0.717) is 24.5 Å². The van der Waals surface area contributed by atoms with E-state index >= 15 is 0 Å². The zero-order valence-electron chi connectivity index (χ0n) is 15.0. The SMILES string of the molecule is CC1(C)CN(C(=O)C2CC2)c2ccc(S(=O)(=O)N3CCCCC3)cc21. The molecule has 0 N–H and O–H groups in total. The van der Waals surface area contributed by atoms with E-state index in [1.807, 2.05) is 11.0 Å². The quantitative estimate of drug-likeness (QED) is 0.831. The Kier molecular flexibility index (Phi) is 3.96. The third-order valence-corrected chi connectivity index (χ3v) is 7.58. The molecule has 2 fully saturated rings. The Morgan fingerprint density at radius 1 is 1.12 bits per heavy atom. The van der Waals surface area contributed by atoms with E-state index in [0.717, 1.165) is 43.4 Å². The maximum atomic E-state index is 13.0. The number of rotatable bonds is 3. The second kappa shape index (κ2) is 5.81. The van der Waals surface area contributed by atoms with Gasteiger partial charge in [0.1, 0.15) is 0 Å². The third kappa shape index (κ3) is 2.89. The van der Waals surface area contributed by atoms with Crippen LogP contribution in [-0.4, -0.2) is 38.3 Å². The fraction of sp³-hybridized carbons (Fsp3) is 0.632. The fourth-order valence-electron chi connectivity index (χ4n) is 4.02. The van der Waals surface area contributed by atoms with E-state index < -0.39 is 10.0 Å². The smallest absolute Gasteiger partial charge is 0.243 e. The number of hydrogen-bond donors (Lipinski definition) is 0. The molecule has 1 saturated carbocycles. The number of anilines is 1. The van der Waals surface area contributed by atoms with Crippen LogP contribution in [0.15, 0.2) is 23.1 Å². The number of carbonyl (C=O) groups excluding carboxylic acids is 1. The van der Waals surface area contributed by atoms with Crippen LogP contribution in [0.2, 0.25) is 0 Å². The van der Waals surface area contributed by atoms with Gasteiger partial charge in [0.05, 0.1) is 4.90 Å². The third-order valence-electron chi connectivity index (χ3n) is 5.69. The van der Waals surface area contributed by atoms with Crippen molar-refractivity contribution in [2.75, 3.05) is 24.5 Å². The number of carbonyl (C=O) groups is 1. The lowest BCUT2D eigenvalue weighted by Gasteiger charge is -2.26. The summed E-state index contributed by atoms with van der Waals surface area (Å²) < 4.78 is 27.6. The van der Waals surface area contributed by atoms with Gasteiger partial charge in [-0.25, -0.2) is 8.42 Å². The lowest BCUT2D eigenvalue weighted by molar-refractivity contribution is -0.119. The van der Waals surface area contributed by atoms with Crippen molar-refractivity contribution in [3.8, 4) is 0 Å². The first-order chi connectivity index (χ1) is 11.8. The predicted molar refractivity (Wildman–Crippen MR) is 97.2 cm³/mol. The molecule has 1 aromatic carbocycles. The zero-order valence-corrected chi connectivity index (χ0v) is 15.8. The molecule has 5 nitrogen and oxygen atoms in total. The first-order valence-corrected chi connectivity index (χ1v) is 10.7. The Morgan fingerprint density at radius 3 is 2.44 bits per heavy atom. The molecule has 3 aliphatic rings. The van der Waals surface area contributed by atoms with E-state index in [1.54, 1.807) is 16.4 Å². The highest BCUT2D eigenvalue weighted by Gasteiger charge is 2.43. The van der Waals surface area contributed by atoms with Crippen molar-refractivity contribution >= 4 is 21.6 Å². The number of amides is 1. The molecule has 0 spiro atoms. The minimum atomic E-state index is -3.45. The lowest BCUT2D eigenvalue weighted by Crippen LogP contribution is -2.35. The minimum absolute atomic E-state index is 0.165. The Morgan fingerprint density at radius 2 is 1.80 bits per heavy atom. The zero-order chi connectivity index (χ0) is 17.8. The van der Waals surface area contributed by atoms with Crippen LogP contribution in [0.1, 0.15) is 51.5 Å². The number of sulfonamides is 1. The number of nitrogens with zero attached hydrogens (tertiary/aromatic N) is 2. The molecule has 0 radical (unpaired) electrons. The molecule has 25 heavy (non-hydrogen) atoms. The van der Waals surface area contributed by atoms with Crippen molar-refractivity contribution in [3.05, 3.63) is 23.8 Å². The van der Waals surface area contributed by atoms with Gasteiger partial charge in [-0.1, -0.05) is 20.3 Å². The van der Waals surface area contributed by atoms with Crippen molar-refractivity contribution in [1.29, 1.82) is 0 Å². The van der Waals surface area contributed by atoms with E-state index in [1.165, 1.54) is 0 Å². The summed E-state index contributed by atoms with van der Waals surface area (Å²) in [5, 5.41) is 0. The fourth-order valence-corrected chi connectivity index (χ4v) is 5.56. The number of benzene rings is 1. The van der Waals surface area contributed by atoms with Crippen LogP contribution in [0, 0.1) is 5.92 Å². The van der Waals surface area contributed by atoms with Crippen LogP contribution >= 0.6 is 0 Å². The molecule has 1 amide bonds. The number of hydrogen-bond acceptors (Lipinski definition) is 3. The van der Waals surface area contributed by atoms with E-state index in [9.17, 15) is 13.2 Å². The second-order valence-electron chi connectivity index (χ2n) is 8.23. The molecule has 1 saturated heterocycles. The van der Waals surface area contributed by atoms with Crippen LogP contribution in [0.3, 0.4) is 0 Å². The first-order valence-electron chi connectivity index (χ1n) is 9.27. The van der Waals surface area contributed by atoms with Crippen LogP contribution in [-0.2, 0) is 20.2 Å².